The lowest BCUT2D eigenvalue weighted by Gasteiger charge is -2.34. The largest absolute Gasteiger partial charge is 0.369 e. The first-order valence-electron chi connectivity index (χ1n) is 14.2. The van der Waals surface area contributed by atoms with Crippen LogP contribution in [0.4, 0.5) is 23.0 Å². The molecule has 5 rings (SSSR count). The summed E-state index contributed by atoms with van der Waals surface area (Å²) in [5.41, 5.74) is 9.22. The van der Waals surface area contributed by atoms with Gasteiger partial charge in [-0.05, 0) is 69.3 Å². The lowest BCUT2D eigenvalue weighted by Crippen LogP contribution is -2.44. The predicted molar refractivity (Wildman–Crippen MR) is 172 cm³/mol. The van der Waals surface area contributed by atoms with E-state index in [1.807, 2.05) is 35.5 Å². The van der Waals surface area contributed by atoms with Crippen LogP contribution in [0, 0.1) is 0 Å². The van der Waals surface area contributed by atoms with Crippen LogP contribution < -0.4 is 15.5 Å². The number of benzene rings is 2. The minimum absolute atomic E-state index is 0.122. The molecule has 0 spiro atoms. The van der Waals surface area contributed by atoms with Gasteiger partial charge in [0.1, 0.15) is 11.4 Å². The molecule has 0 aliphatic carbocycles. The van der Waals surface area contributed by atoms with E-state index >= 15 is 0 Å². The molecule has 212 valence electrons. The first-order chi connectivity index (χ1) is 19.8. The van der Waals surface area contributed by atoms with E-state index in [4.69, 9.17) is 15.1 Å². The lowest BCUT2D eigenvalue weighted by molar-refractivity contribution is 0.313. The molecule has 8 heteroatoms. The molecule has 0 bridgehead atoms. The summed E-state index contributed by atoms with van der Waals surface area (Å²) in [6.07, 6.45) is 4.44. The van der Waals surface area contributed by atoms with Crippen molar-refractivity contribution in [2.75, 3.05) is 48.8 Å². The molecule has 2 aromatic carbocycles. The van der Waals surface area contributed by atoms with Crippen LogP contribution in [0.25, 0.3) is 5.70 Å². The van der Waals surface area contributed by atoms with Crippen LogP contribution in [0.15, 0.2) is 85.3 Å². The van der Waals surface area contributed by atoms with Crippen molar-refractivity contribution < 1.29 is 0 Å². The Morgan fingerprint density at radius 2 is 1.88 bits per heavy atom. The third-order valence-electron chi connectivity index (χ3n) is 7.57. The number of allylic oxidation sites excluding steroid dienone is 1. The maximum absolute atomic E-state index is 5.02. The Balaban J connectivity index is 1.49. The van der Waals surface area contributed by atoms with Gasteiger partial charge in [0.25, 0.3) is 0 Å². The normalized spacial score (nSPS) is 15.4. The summed E-state index contributed by atoms with van der Waals surface area (Å²) in [5.74, 6) is 0.526. The second kappa shape index (κ2) is 12.0. The number of hydrogen-bond acceptors (Lipinski definition) is 8. The number of aryl methyl sites for hydroxylation is 1. The van der Waals surface area contributed by atoms with Crippen LogP contribution in [0.1, 0.15) is 43.2 Å². The van der Waals surface area contributed by atoms with Crippen molar-refractivity contribution in [2.24, 2.45) is 5.10 Å². The molecule has 3 heterocycles. The van der Waals surface area contributed by atoms with Gasteiger partial charge in [0.15, 0.2) is 0 Å². The maximum Gasteiger partial charge on any atom is 0.227 e. The second-order valence-electron chi connectivity index (χ2n) is 10.8. The monoisotopic (exact) mass is 548 g/mol. The highest BCUT2D eigenvalue weighted by Gasteiger charge is 2.28. The molecule has 0 saturated carbocycles. The summed E-state index contributed by atoms with van der Waals surface area (Å²) < 4.78 is 0. The third kappa shape index (κ3) is 6.02. The fourth-order valence-electron chi connectivity index (χ4n) is 5.15. The summed E-state index contributed by atoms with van der Waals surface area (Å²) in [6.45, 7) is 22.7. The molecule has 2 N–H and O–H groups in total. The fourth-order valence-corrected chi connectivity index (χ4v) is 5.15. The van der Waals surface area contributed by atoms with E-state index in [2.05, 4.69) is 86.2 Å². The summed E-state index contributed by atoms with van der Waals surface area (Å²) in [6, 6.07) is 14.8. The Bertz CT molecular complexity index is 1500. The minimum Gasteiger partial charge on any atom is -0.369 e. The van der Waals surface area contributed by atoms with Gasteiger partial charge in [0.2, 0.25) is 5.95 Å². The number of nitrogens with one attached hydrogen (secondary N) is 2. The molecule has 1 fully saturated rings. The van der Waals surface area contributed by atoms with Gasteiger partial charge in [-0.15, -0.1) is 0 Å². The molecular formula is C33H40N8. The van der Waals surface area contributed by atoms with Crippen LogP contribution in [-0.2, 0) is 6.42 Å². The molecule has 1 aromatic heterocycles. The number of hydrogen-bond donors (Lipinski definition) is 2. The van der Waals surface area contributed by atoms with Gasteiger partial charge < -0.3 is 20.4 Å². The smallest absolute Gasteiger partial charge is 0.227 e. The Morgan fingerprint density at radius 1 is 1.10 bits per heavy atom. The van der Waals surface area contributed by atoms with Crippen molar-refractivity contribution in [1.29, 1.82) is 0 Å². The molecule has 0 amide bonds. The van der Waals surface area contributed by atoms with Crippen LogP contribution in [0.2, 0.25) is 0 Å². The van der Waals surface area contributed by atoms with Crippen molar-refractivity contribution in [3.8, 4) is 0 Å². The van der Waals surface area contributed by atoms with Crippen molar-refractivity contribution in [2.45, 2.75) is 33.2 Å². The standard InChI is InChI=1S/C33H40N8/c1-8-23(5)35-27-12-10-11-26(19-27)31-32-29(24(6)41(38-31)22(3)4)21-34-33(37-32)36-30-14-13-28(20-25(30)9-2)40-17-15-39(7)16-18-40/h8,10-14,19-22,35H,1,5-6,9,15-18H2,2-4,7H3,(H,34,36,37). The molecule has 0 unspecified atom stereocenters. The van der Waals surface area contributed by atoms with Gasteiger partial charge in [-0.25, -0.2) is 9.97 Å². The molecule has 0 radical (unpaired) electrons. The van der Waals surface area contributed by atoms with Crippen LogP contribution in [-0.4, -0.2) is 64.9 Å². The number of anilines is 4. The number of rotatable bonds is 9. The Hall–Kier alpha value is -4.43. The third-order valence-corrected chi connectivity index (χ3v) is 7.57. The van der Waals surface area contributed by atoms with E-state index in [1.54, 1.807) is 6.08 Å². The van der Waals surface area contributed by atoms with Gasteiger partial charge in [0, 0.05) is 72.3 Å². The van der Waals surface area contributed by atoms with Crippen molar-refractivity contribution in [3.05, 3.63) is 103 Å². The van der Waals surface area contributed by atoms with Gasteiger partial charge in [-0.3, -0.25) is 5.01 Å². The number of piperazine rings is 1. The fraction of sp³-hybridized carbons (Fsp3) is 0.303. The van der Waals surface area contributed by atoms with E-state index in [1.165, 1.54) is 11.3 Å². The SMILES string of the molecule is C=CC(=C)Nc1cccc(C2=NN(C(C)C)C(=C)c3cnc(Nc4ccc(N5CCN(C)CC5)cc4CC)nc32)c1. The molecule has 41 heavy (non-hydrogen) atoms. The summed E-state index contributed by atoms with van der Waals surface area (Å²) in [7, 11) is 2.18. The van der Waals surface area contributed by atoms with Crippen molar-refractivity contribution in [1.82, 2.24) is 19.9 Å². The van der Waals surface area contributed by atoms with E-state index in [0.29, 0.717) is 5.95 Å². The average molecular weight is 549 g/mol. The molecule has 8 nitrogen and oxygen atoms in total. The quantitative estimate of drug-likeness (QED) is 0.314. The summed E-state index contributed by atoms with van der Waals surface area (Å²) in [5, 5.41) is 13.7. The highest BCUT2D eigenvalue weighted by atomic mass is 15.5. The van der Waals surface area contributed by atoms with E-state index < -0.39 is 0 Å². The number of fused-ring (bicyclic) bond motifs is 1. The second-order valence-corrected chi connectivity index (χ2v) is 10.8. The summed E-state index contributed by atoms with van der Waals surface area (Å²) in [4.78, 5) is 14.5. The van der Waals surface area contributed by atoms with Crippen molar-refractivity contribution >= 4 is 34.4 Å². The molecule has 3 aromatic rings. The first kappa shape index (κ1) is 28.1. The first-order valence-corrected chi connectivity index (χ1v) is 14.2. The number of likely N-dealkylation sites (N-methyl/N-ethyl adjacent to an activating group) is 1. The predicted octanol–water partition coefficient (Wildman–Crippen LogP) is 6.09. The van der Waals surface area contributed by atoms with Crippen molar-refractivity contribution in [3.63, 3.8) is 0 Å². The zero-order valence-electron chi connectivity index (χ0n) is 24.6. The van der Waals surface area contributed by atoms with Gasteiger partial charge in [-0.2, -0.15) is 5.10 Å². The van der Waals surface area contributed by atoms with Crippen LogP contribution in [0.3, 0.4) is 0 Å². The van der Waals surface area contributed by atoms with E-state index in [0.717, 1.165) is 77.9 Å². The number of nitrogens with zero attached hydrogens (tertiary/aromatic N) is 6. The average Bonchev–Trinajstić information content (AvgIpc) is 2.98. The number of aromatic nitrogens is 2. The van der Waals surface area contributed by atoms with Crippen LogP contribution in [0.5, 0.6) is 0 Å². The molecule has 1 saturated heterocycles. The van der Waals surface area contributed by atoms with Gasteiger partial charge >= 0.3 is 0 Å². The maximum atomic E-state index is 5.02. The lowest BCUT2D eigenvalue weighted by atomic mass is 9.99. The van der Waals surface area contributed by atoms with E-state index in [9.17, 15) is 0 Å². The topological polar surface area (TPSA) is 71.9 Å². The number of hydrazone groups is 1. The summed E-state index contributed by atoms with van der Waals surface area (Å²) >= 11 is 0. The Labute approximate surface area is 243 Å². The molecule has 2 aliphatic rings. The van der Waals surface area contributed by atoms with Crippen LogP contribution >= 0.6 is 0 Å². The molecular weight excluding hydrogens is 508 g/mol. The zero-order chi connectivity index (χ0) is 29.1. The minimum atomic E-state index is 0.122. The molecule has 0 atom stereocenters. The van der Waals surface area contributed by atoms with Gasteiger partial charge in [0.05, 0.1) is 5.70 Å². The van der Waals surface area contributed by atoms with Gasteiger partial charge in [-0.1, -0.05) is 38.8 Å². The van der Waals surface area contributed by atoms with E-state index in [-0.39, 0.29) is 6.04 Å². The Morgan fingerprint density at radius 3 is 2.59 bits per heavy atom. The Kier molecular flexibility index (Phi) is 8.21. The highest BCUT2D eigenvalue weighted by Crippen LogP contribution is 2.32. The highest BCUT2D eigenvalue weighted by molar-refractivity contribution is 6.15. The zero-order valence-corrected chi connectivity index (χ0v) is 24.6. The molecule has 2 aliphatic heterocycles.